The van der Waals surface area contributed by atoms with Gasteiger partial charge in [0.15, 0.2) is 0 Å². The Morgan fingerprint density at radius 3 is 2.70 bits per heavy atom. The summed E-state index contributed by atoms with van der Waals surface area (Å²) in [5.74, 6) is 1.70. The minimum atomic E-state index is 0.721. The predicted molar refractivity (Wildman–Crippen MR) is 85.1 cm³/mol. The van der Waals surface area contributed by atoms with E-state index in [-0.39, 0.29) is 0 Å². The van der Waals surface area contributed by atoms with E-state index in [4.69, 9.17) is 4.74 Å². The second-order valence-electron chi connectivity index (χ2n) is 6.82. The van der Waals surface area contributed by atoms with Crippen LogP contribution in [-0.4, -0.2) is 50.3 Å². The first-order valence-electron chi connectivity index (χ1n) is 8.74. The van der Waals surface area contributed by atoms with Crippen LogP contribution in [0.15, 0.2) is 0 Å². The Labute approximate surface area is 125 Å². The first kappa shape index (κ1) is 16.3. The minimum Gasteiger partial charge on any atom is -0.384 e. The molecule has 1 heterocycles. The number of ether oxygens (including phenoxy) is 1. The molecule has 1 saturated carbocycles. The highest BCUT2D eigenvalue weighted by atomic mass is 16.5. The largest absolute Gasteiger partial charge is 0.384 e. The molecule has 4 atom stereocenters. The van der Waals surface area contributed by atoms with Crippen LogP contribution >= 0.6 is 0 Å². The molecule has 0 aromatic carbocycles. The van der Waals surface area contributed by atoms with Crippen molar-refractivity contribution in [3.63, 3.8) is 0 Å². The van der Waals surface area contributed by atoms with Gasteiger partial charge < -0.3 is 10.1 Å². The van der Waals surface area contributed by atoms with E-state index in [0.29, 0.717) is 0 Å². The van der Waals surface area contributed by atoms with Crippen molar-refractivity contribution in [3.8, 4) is 0 Å². The van der Waals surface area contributed by atoms with Gasteiger partial charge in [-0.05, 0) is 57.0 Å². The summed E-state index contributed by atoms with van der Waals surface area (Å²) in [5.41, 5.74) is 0. The Morgan fingerprint density at radius 2 is 2.00 bits per heavy atom. The summed E-state index contributed by atoms with van der Waals surface area (Å²) in [4.78, 5) is 2.76. The molecular weight excluding hydrogens is 248 g/mol. The lowest BCUT2D eigenvalue weighted by Gasteiger charge is -2.41. The number of hydrogen-bond donors (Lipinski definition) is 1. The summed E-state index contributed by atoms with van der Waals surface area (Å²) in [6.07, 6.45) is 8.11. The van der Waals surface area contributed by atoms with Crippen molar-refractivity contribution in [2.75, 3.05) is 33.4 Å². The van der Waals surface area contributed by atoms with Crippen LogP contribution in [0.25, 0.3) is 0 Å². The van der Waals surface area contributed by atoms with E-state index in [1.807, 2.05) is 7.11 Å². The van der Waals surface area contributed by atoms with E-state index in [1.54, 1.807) is 0 Å². The number of nitrogens with one attached hydrogen (secondary N) is 1. The fraction of sp³-hybridized carbons (Fsp3) is 1.00. The smallest absolute Gasteiger partial charge is 0.0503 e. The molecule has 0 aromatic heterocycles. The van der Waals surface area contributed by atoms with Crippen LogP contribution in [0.1, 0.15) is 52.4 Å². The maximum Gasteiger partial charge on any atom is 0.0503 e. The molecule has 3 heteroatoms. The Bertz CT molecular complexity index is 272. The Balaban J connectivity index is 1.92. The Kier molecular flexibility index (Phi) is 6.79. The summed E-state index contributed by atoms with van der Waals surface area (Å²) in [5, 5.41) is 3.82. The van der Waals surface area contributed by atoms with Gasteiger partial charge in [0, 0.05) is 25.7 Å². The molecule has 0 spiro atoms. The van der Waals surface area contributed by atoms with E-state index in [9.17, 15) is 0 Å². The van der Waals surface area contributed by atoms with E-state index < -0.39 is 0 Å². The predicted octanol–water partition coefficient (Wildman–Crippen LogP) is 2.90. The van der Waals surface area contributed by atoms with Crippen molar-refractivity contribution >= 4 is 0 Å². The van der Waals surface area contributed by atoms with Crippen LogP contribution in [0.2, 0.25) is 0 Å². The van der Waals surface area contributed by atoms with Gasteiger partial charge in [-0.1, -0.05) is 20.3 Å². The second-order valence-corrected chi connectivity index (χ2v) is 6.82. The van der Waals surface area contributed by atoms with Gasteiger partial charge in [-0.25, -0.2) is 0 Å². The van der Waals surface area contributed by atoms with Gasteiger partial charge in [-0.15, -0.1) is 0 Å². The number of likely N-dealkylation sites (tertiary alicyclic amines) is 1. The third-order valence-corrected chi connectivity index (χ3v) is 5.35. The highest BCUT2D eigenvalue weighted by Gasteiger charge is 2.36. The zero-order valence-corrected chi connectivity index (χ0v) is 13.7. The van der Waals surface area contributed by atoms with Gasteiger partial charge in [0.1, 0.15) is 0 Å². The zero-order chi connectivity index (χ0) is 14.4. The lowest BCUT2D eigenvalue weighted by atomic mass is 9.80. The zero-order valence-electron chi connectivity index (χ0n) is 13.7. The molecule has 2 aliphatic rings. The first-order valence-corrected chi connectivity index (χ1v) is 8.74. The molecular formula is C17H34N2O. The molecule has 4 unspecified atom stereocenters. The molecule has 3 nitrogen and oxygen atoms in total. The topological polar surface area (TPSA) is 24.5 Å². The summed E-state index contributed by atoms with van der Waals surface area (Å²) in [7, 11) is 1.84. The third-order valence-electron chi connectivity index (χ3n) is 5.35. The van der Waals surface area contributed by atoms with Gasteiger partial charge in [0.2, 0.25) is 0 Å². The first-order chi connectivity index (χ1) is 9.78. The molecule has 118 valence electrons. The summed E-state index contributed by atoms with van der Waals surface area (Å²) >= 11 is 0. The Hall–Kier alpha value is -0.120. The maximum absolute atomic E-state index is 5.35. The molecule has 0 aromatic rings. The van der Waals surface area contributed by atoms with E-state index in [1.165, 1.54) is 58.2 Å². The van der Waals surface area contributed by atoms with Crippen molar-refractivity contribution in [2.45, 2.75) is 64.5 Å². The van der Waals surface area contributed by atoms with Gasteiger partial charge in [0.25, 0.3) is 0 Å². The quantitative estimate of drug-likeness (QED) is 0.777. The number of rotatable bonds is 7. The molecule has 1 saturated heterocycles. The van der Waals surface area contributed by atoms with E-state index in [2.05, 4.69) is 24.1 Å². The van der Waals surface area contributed by atoms with Gasteiger partial charge >= 0.3 is 0 Å². The lowest BCUT2D eigenvalue weighted by Crippen LogP contribution is -2.52. The highest BCUT2D eigenvalue weighted by Crippen LogP contribution is 2.33. The number of nitrogens with zero attached hydrogens (tertiary/aromatic N) is 1. The van der Waals surface area contributed by atoms with Crippen molar-refractivity contribution in [1.29, 1.82) is 0 Å². The summed E-state index contributed by atoms with van der Waals surface area (Å²) < 4.78 is 5.35. The molecule has 0 radical (unpaired) electrons. The van der Waals surface area contributed by atoms with Crippen LogP contribution in [0.4, 0.5) is 0 Å². The number of methoxy groups -OCH3 is 1. The standard InChI is InChI=1S/C17H34N2O/c1-4-9-18-16-7-6-14(5-2)11-17(16)19-10-8-15(12-19)13-20-3/h14-18H,4-13H2,1-3H3. The SMILES string of the molecule is CCCNC1CCC(CC)CC1N1CCC(COC)C1. The van der Waals surface area contributed by atoms with Crippen LogP contribution < -0.4 is 5.32 Å². The molecule has 0 bridgehead atoms. The normalized spacial score (nSPS) is 35.5. The van der Waals surface area contributed by atoms with Crippen LogP contribution in [0, 0.1) is 11.8 Å². The van der Waals surface area contributed by atoms with Crippen molar-refractivity contribution in [2.24, 2.45) is 11.8 Å². The maximum atomic E-state index is 5.35. The highest BCUT2D eigenvalue weighted by molar-refractivity contribution is 4.93. The number of hydrogen-bond acceptors (Lipinski definition) is 3. The summed E-state index contributed by atoms with van der Waals surface area (Å²) in [6.45, 7) is 9.27. The average molecular weight is 282 g/mol. The molecule has 2 rings (SSSR count). The second kappa shape index (κ2) is 8.35. The fourth-order valence-electron chi connectivity index (χ4n) is 4.11. The van der Waals surface area contributed by atoms with Gasteiger partial charge in [-0.2, -0.15) is 0 Å². The molecule has 2 fully saturated rings. The molecule has 1 aliphatic heterocycles. The van der Waals surface area contributed by atoms with E-state index >= 15 is 0 Å². The molecule has 1 N–H and O–H groups in total. The lowest BCUT2D eigenvalue weighted by molar-refractivity contribution is 0.102. The fourth-order valence-corrected chi connectivity index (χ4v) is 4.11. The van der Waals surface area contributed by atoms with Crippen molar-refractivity contribution in [3.05, 3.63) is 0 Å². The van der Waals surface area contributed by atoms with Crippen molar-refractivity contribution < 1.29 is 4.74 Å². The summed E-state index contributed by atoms with van der Waals surface area (Å²) in [6, 6.07) is 1.49. The monoisotopic (exact) mass is 282 g/mol. The minimum absolute atomic E-state index is 0.721. The van der Waals surface area contributed by atoms with Gasteiger partial charge in [-0.3, -0.25) is 4.90 Å². The average Bonchev–Trinajstić information content (AvgIpc) is 2.94. The Morgan fingerprint density at radius 1 is 1.15 bits per heavy atom. The molecule has 20 heavy (non-hydrogen) atoms. The van der Waals surface area contributed by atoms with Crippen LogP contribution in [0.3, 0.4) is 0 Å². The molecule has 0 amide bonds. The van der Waals surface area contributed by atoms with Crippen LogP contribution in [0.5, 0.6) is 0 Å². The third kappa shape index (κ3) is 4.19. The molecule has 1 aliphatic carbocycles. The van der Waals surface area contributed by atoms with Gasteiger partial charge in [0.05, 0.1) is 6.61 Å². The van der Waals surface area contributed by atoms with Crippen LogP contribution in [-0.2, 0) is 4.74 Å². The van der Waals surface area contributed by atoms with Crippen molar-refractivity contribution in [1.82, 2.24) is 10.2 Å². The van der Waals surface area contributed by atoms with E-state index in [0.717, 1.165) is 30.5 Å².